The maximum Gasteiger partial charge on any atom is 0.0945 e. The van der Waals surface area contributed by atoms with Crippen molar-refractivity contribution in [3.05, 3.63) is 18.7 Å². The fraction of sp³-hybridized carbons (Fsp3) is 0.769. The van der Waals surface area contributed by atoms with E-state index in [4.69, 9.17) is 0 Å². The zero-order valence-corrected chi connectivity index (χ0v) is 10.8. The molecule has 0 amide bonds. The van der Waals surface area contributed by atoms with Gasteiger partial charge in [0.1, 0.15) is 0 Å². The van der Waals surface area contributed by atoms with Crippen LogP contribution in [0.25, 0.3) is 0 Å². The van der Waals surface area contributed by atoms with Crippen molar-refractivity contribution in [2.24, 2.45) is 0 Å². The second-order valence-corrected chi connectivity index (χ2v) is 4.84. The highest BCUT2D eigenvalue weighted by molar-refractivity contribution is 4.78. The summed E-state index contributed by atoms with van der Waals surface area (Å²) in [4.78, 5) is 6.62. The number of imidazole rings is 1. The van der Waals surface area contributed by atoms with Gasteiger partial charge in [-0.25, -0.2) is 4.98 Å². The van der Waals surface area contributed by atoms with Crippen LogP contribution in [-0.2, 0) is 6.54 Å². The molecule has 0 radical (unpaired) electrons. The third-order valence-corrected chi connectivity index (χ3v) is 3.54. The number of hydrogen-bond donors (Lipinski definition) is 1. The number of nitrogens with one attached hydrogen (secondary N) is 1. The number of nitrogens with zero attached hydrogens (tertiary/aromatic N) is 3. The molecule has 0 spiro atoms. The zero-order chi connectivity index (χ0) is 11.9. The average molecular weight is 236 g/mol. The van der Waals surface area contributed by atoms with Gasteiger partial charge in [0.25, 0.3) is 0 Å². The van der Waals surface area contributed by atoms with E-state index in [2.05, 4.69) is 26.7 Å². The van der Waals surface area contributed by atoms with Crippen LogP contribution < -0.4 is 5.32 Å². The van der Waals surface area contributed by atoms with E-state index >= 15 is 0 Å². The Labute approximate surface area is 104 Å². The van der Waals surface area contributed by atoms with E-state index in [0.717, 1.165) is 19.1 Å². The van der Waals surface area contributed by atoms with E-state index in [0.29, 0.717) is 0 Å². The lowest BCUT2D eigenvalue weighted by molar-refractivity contribution is 0.254. The van der Waals surface area contributed by atoms with Crippen LogP contribution >= 0.6 is 0 Å². The van der Waals surface area contributed by atoms with Gasteiger partial charge in [0.15, 0.2) is 0 Å². The quantitative estimate of drug-likeness (QED) is 0.776. The van der Waals surface area contributed by atoms with E-state index in [-0.39, 0.29) is 0 Å². The Kier molecular flexibility index (Phi) is 5.01. The van der Waals surface area contributed by atoms with Crippen LogP contribution in [0.2, 0.25) is 0 Å². The van der Waals surface area contributed by atoms with Crippen molar-refractivity contribution in [1.29, 1.82) is 0 Å². The summed E-state index contributed by atoms with van der Waals surface area (Å²) in [5, 5.41) is 3.57. The lowest BCUT2D eigenvalue weighted by Gasteiger charge is -2.24. The summed E-state index contributed by atoms with van der Waals surface area (Å²) in [5.74, 6) is 0. The van der Waals surface area contributed by atoms with Gasteiger partial charge in [0.05, 0.1) is 6.33 Å². The van der Waals surface area contributed by atoms with E-state index in [9.17, 15) is 0 Å². The summed E-state index contributed by atoms with van der Waals surface area (Å²) < 4.78 is 2.15. The Morgan fingerprint density at radius 1 is 1.53 bits per heavy atom. The highest BCUT2D eigenvalue weighted by Gasteiger charge is 2.16. The van der Waals surface area contributed by atoms with Crippen molar-refractivity contribution in [1.82, 2.24) is 19.8 Å². The van der Waals surface area contributed by atoms with E-state index in [1.165, 1.54) is 38.9 Å². The molecule has 17 heavy (non-hydrogen) atoms. The normalized spacial score (nSPS) is 20.2. The maximum atomic E-state index is 4.06. The largest absolute Gasteiger partial charge is 0.337 e. The highest BCUT2D eigenvalue weighted by atomic mass is 15.2. The van der Waals surface area contributed by atoms with Crippen molar-refractivity contribution < 1.29 is 0 Å². The molecule has 96 valence electrons. The smallest absolute Gasteiger partial charge is 0.0945 e. The Morgan fingerprint density at radius 3 is 3.12 bits per heavy atom. The monoisotopic (exact) mass is 236 g/mol. The van der Waals surface area contributed by atoms with Crippen LogP contribution in [0.5, 0.6) is 0 Å². The molecule has 0 saturated carbocycles. The van der Waals surface area contributed by atoms with Crippen molar-refractivity contribution in [2.75, 3.05) is 26.2 Å². The molecule has 0 bridgehead atoms. The van der Waals surface area contributed by atoms with Gasteiger partial charge in [-0.3, -0.25) is 0 Å². The molecule has 4 nitrogen and oxygen atoms in total. The second kappa shape index (κ2) is 6.77. The topological polar surface area (TPSA) is 33.1 Å². The fourth-order valence-corrected chi connectivity index (χ4v) is 2.50. The molecule has 1 aromatic heterocycles. The third kappa shape index (κ3) is 4.13. The molecule has 1 saturated heterocycles. The predicted octanol–water partition coefficient (Wildman–Crippen LogP) is 1.35. The predicted molar refractivity (Wildman–Crippen MR) is 70.0 cm³/mol. The molecule has 1 N–H and O–H groups in total. The van der Waals surface area contributed by atoms with Crippen molar-refractivity contribution in [2.45, 2.75) is 38.8 Å². The first-order chi connectivity index (χ1) is 8.38. The molecule has 1 aliphatic rings. The minimum Gasteiger partial charge on any atom is -0.337 e. The Hall–Kier alpha value is -0.870. The highest BCUT2D eigenvalue weighted by Crippen LogP contribution is 2.07. The molecule has 2 heterocycles. The molecular weight excluding hydrogens is 212 g/mol. The summed E-state index contributed by atoms with van der Waals surface area (Å²) in [5.41, 5.74) is 0. The lowest BCUT2D eigenvalue weighted by atomic mass is 10.2. The molecular formula is C13H24N4. The van der Waals surface area contributed by atoms with Gasteiger partial charge in [-0.05, 0) is 38.9 Å². The molecule has 0 aromatic carbocycles. The minimum absolute atomic E-state index is 0.725. The minimum atomic E-state index is 0.725. The van der Waals surface area contributed by atoms with Gasteiger partial charge in [-0.15, -0.1) is 0 Å². The number of aryl methyl sites for hydroxylation is 1. The van der Waals surface area contributed by atoms with Crippen LogP contribution in [0.4, 0.5) is 0 Å². The van der Waals surface area contributed by atoms with Crippen LogP contribution in [0.1, 0.15) is 26.2 Å². The average Bonchev–Trinajstić information content (AvgIpc) is 3.00. The molecule has 4 heteroatoms. The number of aromatic nitrogens is 2. The first kappa shape index (κ1) is 12.6. The number of rotatable bonds is 7. The standard InChI is InChI=1S/C13H24N4/c1-2-16(11-13-5-3-6-15-13)8-4-9-17-10-7-14-12-17/h7,10,12-13,15H,2-6,8-9,11H2,1H3. The van der Waals surface area contributed by atoms with E-state index in [1.54, 1.807) is 0 Å². The molecule has 1 aromatic rings. The third-order valence-electron chi connectivity index (χ3n) is 3.54. The number of hydrogen-bond acceptors (Lipinski definition) is 3. The number of likely N-dealkylation sites (N-methyl/N-ethyl adjacent to an activating group) is 1. The SMILES string of the molecule is CCN(CCCn1ccnc1)CC1CCCN1. The van der Waals surface area contributed by atoms with Gasteiger partial charge >= 0.3 is 0 Å². The van der Waals surface area contributed by atoms with Crippen LogP contribution in [0.3, 0.4) is 0 Å². The van der Waals surface area contributed by atoms with Crippen molar-refractivity contribution in [3.8, 4) is 0 Å². The van der Waals surface area contributed by atoms with Crippen LogP contribution in [0.15, 0.2) is 18.7 Å². The molecule has 2 rings (SSSR count). The zero-order valence-electron chi connectivity index (χ0n) is 10.8. The van der Waals surface area contributed by atoms with Crippen LogP contribution in [-0.4, -0.2) is 46.7 Å². The first-order valence-corrected chi connectivity index (χ1v) is 6.80. The second-order valence-electron chi connectivity index (χ2n) is 4.84. The molecule has 1 atom stereocenters. The van der Waals surface area contributed by atoms with Crippen molar-refractivity contribution in [3.63, 3.8) is 0 Å². The summed E-state index contributed by atoms with van der Waals surface area (Å²) in [6.45, 7) is 8.09. The Morgan fingerprint density at radius 2 is 2.47 bits per heavy atom. The maximum absolute atomic E-state index is 4.06. The molecule has 1 fully saturated rings. The fourth-order valence-electron chi connectivity index (χ4n) is 2.50. The van der Waals surface area contributed by atoms with Gasteiger partial charge < -0.3 is 14.8 Å². The summed E-state index contributed by atoms with van der Waals surface area (Å²) in [6.07, 6.45) is 9.68. The Bertz CT molecular complexity index is 290. The summed E-state index contributed by atoms with van der Waals surface area (Å²) >= 11 is 0. The molecule has 1 unspecified atom stereocenters. The molecule has 1 aliphatic heterocycles. The van der Waals surface area contributed by atoms with E-state index < -0.39 is 0 Å². The van der Waals surface area contributed by atoms with Gasteiger partial charge in [-0.1, -0.05) is 6.92 Å². The van der Waals surface area contributed by atoms with Gasteiger partial charge in [0.2, 0.25) is 0 Å². The molecule has 0 aliphatic carbocycles. The van der Waals surface area contributed by atoms with Gasteiger partial charge in [-0.2, -0.15) is 0 Å². The Balaban J connectivity index is 1.64. The van der Waals surface area contributed by atoms with Crippen LogP contribution in [0, 0.1) is 0 Å². The first-order valence-electron chi connectivity index (χ1n) is 6.80. The van der Waals surface area contributed by atoms with Gasteiger partial charge in [0, 0.05) is 31.5 Å². The van der Waals surface area contributed by atoms with Crippen molar-refractivity contribution >= 4 is 0 Å². The lowest BCUT2D eigenvalue weighted by Crippen LogP contribution is -2.38. The van der Waals surface area contributed by atoms with E-state index in [1.807, 2.05) is 18.7 Å². The summed E-state index contributed by atoms with van der Waals surface area (Å²) in [7, 11) is 0. The summed E-state index contributed by atoms with van der Waals surface area (Å²) in [6, 6.07) is 0.725.